The lowest BCUT2D eigenvalue weighted by molar-refractivity contribution is -0.115. The van der Waals surface area contributed by atoms with Crippen molar-refractivity contribution in [2.24, 2.45) is 0 Å². The third-order valence-electron chi connectivity index (χ3n) is 2.69. The summed E-state index contributed by atoms with van der Waals surface area (Å²) in [5, 5.41) is 10.1. The molecule has 6 nitrogen and oxygen atoms in total. The standard InChI is InChI=1S/C13H15ClN4O2/c1-9-2-3-10(14)6-11(9)17-13(19)7-15-5-4-12-16-8-20-18-12/h2-3,6,8,15H,4-5,7H2,1H3,(H,17,19). The van der Waals surface area contributed by atoms with Gasteiger partial charge in [0.25, 0.3) is 0 Å². The Labute approximate surface area is 121 Å². The zero-order chi connectivity index (χ0) is 14.4. The number of amides is 1. The van der Waals surface area contributed by atoms with Gasteiger partial charge in [0.1, 0.15) is 0 Å². The summed E-state index contributed by atoms with van der Waals surface area (Å²) in [4.78, 5) is 15.7. The normalized spacial score (nSPS) is 10.5. The Balaban J connectivity index is 1.73. The summed E-state index contributed by atoms with van der Waals surface area (Å²) >= 11 is 5.89. The zero-order valence-corrected chi connectivity index (χ0v) is 11.8. The third-order valence-corrected chi connectivity index (χ3v) is 2.93. The fourth-order valence-electron chi connectivity index (χ4n) is 1.63. The largest absolute Gasteiger partial charge is 0.343 e. The Morgan fingerprint density at radius 1 is 1.45 bits per heavy atom. The van der Waals surface area contributed by atoms with Gasteiger partial charge in [0.05, 0.1) is 6.54 Å². The van der Waals surface area contributed by atoms with Crippen molar-refractivity contribution in [1.82, 2.24) is 15.5 Å². The maximum atomic E-state index is 11.8. The smallest absolute Gasteiger partial charge is 0.238 e. The van der Waals surface area contributed by atoms with Gasteiger partial charge in [-0.05, 0) is 24.6 Å². The van der Waals surface area contributed by atoms with Gasteiger partial charge < -0.3 is 15.2 Å². The molecular weight excluding hydrogens is 280 g/mol. The monoisotopic (exact) mass is 294 g/mol. The van der Waals surface area contributed by atoms with Gasteiger partial charge in [-0.25, -0.2) is 0 Å². The maximum Gasteiger partial charge on any atom is 0.238 e. The second kappa shape index (κ2) is 7.02. The average molecular weight is 295 g/mol. The highest BCUT2D eigenvalue weighted by Crippen LogP contribution is 2.19. The Kier molecular flexibility index (Phi) is 5.09. The molecule has 106 valence electrons. The van der Waals surface area contributed by atoms with Crippen molar-refractivity contribution in [3.05, 3.63) is 41.0 Å². The number of hydrogen-bond acceptors (Lipinski definition) is 5. The number of aryl methyl sites for hydroxylation is 1. The topological polar surface area (TPSA) is 80.0 Å². The number of nitrogens with zero attached hydrogens (tertiary/aromatic N) is 2. The van der Waals surface area contributed by atoms with Crippen molar-refractivity contribution in [2.45, 2.75) is 13.3 Å². The quantitative estimate of drug-likeness (QED) is 0.794. The molecule has 1 amide bonds. The van der Waals surface area contributed by atoms with Crippen LogP contribution in [0.5, 0.6) is 0 Å². The van der Waals surface area contributed by atoms with E-state index in [0.29, 0.717) is 23.8 Å². The second-order valence-corrected chi connectivity index (χ2v) is 4.72. The number of carbonyl (C=O) groups is 1. The second-order valence-electron chi connectivity index (χ2n) is 4.28. The predicted molar refractivity (Wildman–Crippen MR) is 75.7 cm³/mol. The first-order valence-electron chi connectivity index (χ1n) is 6.17. The van der Waals surface area contributed by atoms with Gasteiger partial charge in [-0.2, -0.15) is 4.98 Å². The molecule has 0 atom stereocenters. The maximum absolute atomic E-state index is 11.8. The molecule has 0 aliphatic rings. The molecule has 0 saturated heterocycles. The van der Waals surface area contributed by atoms with Crippen molar-refractivity contribution in [1.29, 1.82) is 0 Å². The predicted octanol–water partition coefficient (Wildman–Crippen LogP) is 1.80. The minimum Gasteiger partial charge on any atom is -0.343 e. The van der Waals surface area contributed by atoms with E-state index in [0.717, 1.165) is 11.3 Å². The van der Waals surface area contributed by atoms with Gasteiger partial charge in [0.15, 0.2) is 5.82 Å². The minimum absolute atomic E-state index is 0.122. The van der Waals surface area contributed by atoms with Crippen LogP contribution in [0.25, 0.3) is 0 Å². The van der Waals surface area contributed by atoms with Gasteiger partial charge in [-0.1, -0.05) is 22.8 Å². The molecule has 0 fully saturated rings. The molecule has 20 heavy (non-hydrogen) atoms. The molecule has 7 heteroatoms. The average Bonchev–Trinajstić information content (AvgIpc) is 2.92. The Hall–Kier alpha value is -1.92. The summed E-state index contributed by atoms with van der Waals surface area (Å²) in [6.07, 6.45) is 1.89. The van der Waals surface area contributed by atoms with Crippen LogP contribution in [0.1, 0.15) is 11.4 Å². The summed E-state index contributed by atoms with van der Waals surface area (Å²) in [6, 6.07) is 5.38. The highest BCUT2D eigenvalue weighted by Gasteiger charge is 2.05. The number of carbonyl (C=O) groups excluding carboxylic acids is 1. The molecule has 2 rings (SSSR count). The molecule has 1 aromatic heterocycles. The van der Waals surface area contributed by atoms with Crippen LogP contribution in [0.3, 0.4) is 0 Å². The van der Waals surface area contributed by atoms with Crippen LogP contribution < -0.4 is 10.6 Å². The van der Waals surface area contributed by atoms with Crippen LogP contribution in [0.4, 0.5) is 5.69 Å². The highest BCUT2D eigenvalue weighted by atomic mass is 35.5. The lowest BCUT2D eigenvalue weighted by Gasteiger charge is -2.09. The van der Waals surface area contributed by atoms with Crippen LogP contribution in [0.15, 0.2) is 29.1 Å². The molecule has 0 bridgehead atoms. The van der Waals surface area contributed by atoms with E-state index in [1.54, 1.807) is 12.1 Å². The first-order valence-corrected chi connectivity index (χ1v) is 6.55. The molecule has 0 unspecified atom stereocenters. The Bertz CT molecular complexity index is 572. The van der Waals surface area contributed by atoms with Crippen molar-refractivity contribution in [2.75, 3.05) is 18.4 Å². The zero-order valence-electron chi connectivity index (χ0n) is 11.0. The van der Waals surface area contributed by atoms with Crippen LogP contribution in [-0.2, 0) is 11.2 Å². The summed E-state index contributed by atoms with van der Waals surface area (Å²) < 4.78 is 4.62. The molecule has 0 radical (unpaired) electrons. The Morgan fingerprint density at radius 2 is 2.30 bits per heavy atom. The van der Waals surface area contributed by atoms with E-state index in [4.69, 9.17) is 11.6 Å². The molecular formula is C13H15ClN4O2. The third kappa shape index (κ3) is 4.32. The molecule has 0 aliphatic heterocycles. The van der Waals surface area contributed by atoms with Crippen LogP contribution in [-0.4, -0.2) is 29.1 Å². The number of aromatic nitrogens is 2. The van der Waals surface area contributed by atoms with E-state index < -0.39 is 0 Å². The molecule has 1 aromatic carbocycles. The summed E-state index contributed by atoms with van der Waals surface area (Å²) in [7, 11) is 0. The minimum atomic E-state index is -0.122. The van der Waals surface area contributed by atoms with Crippen molar-refractivity contribution < 1.29 is 9.32 Å². The van der Waals surface area contributed by atoms with Gasteiger partial charge in [-0.15, -0.1) is 0 Å². The van der Waals surface area contributed by atoms with E-state index in [2.05, 4.69) is 25.3 Å². The molecule has 0 saturated carbocycles. The van der Waals surface area contributed by atoms with E-state index >= 15 is 0 Å². The molecule has 0 aliphatic carbocycles. The van der Waals surface area contributed by atoms with Crippen molar-refractivity contribution >= 4 is 23.2 Å². The van der Waals surface area contributed by atoms with Gasteiger partial charge in [0.2, 0.25) is 12.3 Å². The first-order chi connectivity index (χ1) is 9.65. The number of halogens is 1. The van der Waals surface area contributed by atoms with Crippen molar-refractivity contribution in [3.8, 4) is 0 Å². The number of rotatable bonds is 6. The molecule has 2 N–H and O–H groups in total. The summed E-state index contributed by atoms with van der Waals surface area (Å²) in [5.41, 5.74) is 1.69. The number of nitrogens with one attached hydrogen (secondary N) is 2. The lowest BCUT2D eigenvalue weighted by atomic mass is 10.2. The van der Waals surface area contributed by atoms with E-state index in [1.165, 1.54) is 6.39 Å². The highest BCUT2D eigenvalue weighted by molar-refractivity contribution is 6.31. The molecule has 0 spiro atoms. The van der Waals surface area contributed by atoms with Crippen LogP contribution in [0.2, 0.25) is 5.02 Å². The molecule has 1 heterocycles. The van der Waals surface area contributed by atoms with Crippen LogP contribution >= 0.6 is 11.6 Å². The van der Waals surface area contributed by atoms with Crippen molar-refractivity contribution in [3.63, 3.8) is 0 Å². The fourth-order valence-corrected chi connectivity index (χ4v) is 1.80. The van der Waals surface area contributed by atoms with Gasteiger partial charge >= 0.3 is 0 Å². The lowest BCUT2D eigenvalue weighted by Crippen LogP contribution is -2.29. The molecule has 2 aromatic rings. The van der Waals surface area contributed by atoms with Gasteiger partial charge in [0, 0.05) is 23.7 Å². The van der Waals surface area contributed by atoms with E-state index in [-0.39, 0.29) is 12.5 Å². The van der Waals surface area contributed by atoms with E-state index in [1.807, 2.05) is 13.0 Å². The number of hydrogen-bond donors (Lipinski definition) is 2. The SMILES string of the molecule is Cc1ccc(Cl)cc1NC(=O)CNCCc1ncon1. The fraction of sp³-hybridized carbons (Fsp3) is 0.308. The van der Waals surface area contributed by atoms with E-state index in [9.17, 15) is 4.79 Å². The summed E-state index contributed by atoms with van der Waals surface area (Å²) in [6.45, 7) is 2.72. The van der Waals surface area contributed by atoms with Crippen LogP contribution in [0, 0.1) is 6.92 Å². The van der Waals surface area contributed by atoms with Gasteiger partial charge in [-0.3, -0.25) is 4.79 Å². The first kappa shape index (κ1) is 14.5. The number of benzene rings is 1. The summed E-state index contributed by atoms with van der Waals surface area (Å²) in [5.74, 6) is 0.493. The number of anilines is 1. The Morgan fingerprint density at radius 3 is 3.05 bits per heavy atom.